The molecule has 1 fully saturated rings. The standard InChI is InChI=1S/C17H19ClN6S/c1-13-20-21-17(25-13)23-9-7-22(8-10-23)12-15-3-2-6-24(15)16-5-4-14(18)11-19-16/h2-6,11H,7-10,12H2,1H3. The summed E-state index contributed by atoms with van der Waals surface area (Å²) < 4.78 is 2.12. The van der Waals surface area contributed by atoms with E-state index in [1.165, 1.54) is 5.69 Å². The number of hydrogen-bond acceptors (Lipinski definition) is 6. The largest absolute Gasteiger partial charge is 0.344 e. The van der Waals surface area contributed by atoms with Gasteiger partial charge >= 0.3 is 0 Å². The van der Waals surface area contributed by atoms with Crippen LogP contribution < -0.4 is 4.90 Å². The number of anilines is 1. The molecule has 0 atom stereocenters. The second-order valence-corrected chi connectivity index (χ2v) is 7.67. The highest BCUT2D eigenvalue weighted by atomic mass is 35.5. The summed E-state index contributed by atoms with van der Waals surface area (Å²) >= 11 is 7.60. The molecule has 25 heavy (non-hydrogen) atoms. The van der Waals surface area contributed by atoms with Gasteiger partial charge in [-0.15, -0.1) is 10.2 Å². The van der Waals surface area contributed by atoms with Crippen LogP contribution in [0.3, 0.4) is 0 Å². The molecular weight excluding hydrogens is 356 g/mol. The van der Waals surface area contributed by atoms with Crippen LogP contribution in [0.25, 0.3) is 5.82 Å². The van der Waals surface area contributed by atoms with Crippen molar-refractivity contribution >= 4 is 28.1 Å². The fourth-order valence-corrected chi connectivity index (χ4v) is 3.87. The average molecular weight is 375 g/mol. The predicted octanol–water partition coefficient (Wildman–Crippen LogP) is 3.01. The molecule has 3 aromatic rings. The minimum atomic E-state index is 0.653. The van der Waals surface area contributed by atoms with Gasteiger partial charge in [-0.25, -0.2) is 4.98 Å². The lowest BCUT2D eigenvalue weighted by atomic mass is 10.3. The fourth-order valence-electron chi connectivity index (χ4n) is 3.02. The van der Waals surface area contributed by atoms with Gasteiger partial charge in [-0.2, -0.15) is 0 Å². The van der Waals surface area contributed by atoms with Crippen LogP contribution in [0.5, 0.6) is 0 Å². The summed E-state index contributed by atoms with van der Waals surface area (Å²) in [6.45, 7) is 6.88. The van der Waals surface area contributed by atoms with E-state index in [9.17, 15) is 0 Å². The summed E-state index contributed by atoms with van der Waals surface area (Å²) in [5.41, 5.74) is 1.23. The van der Waals surface area contributed by atoms with E-state index in [0.29, 0.717) is 5.02 Å². The van der Waals surface area contributed by atoms with Gasteiger partial charge in [0.25, 0.3) is 0 Å². The summed E-state index contributed by atoms with van der Waals surface area (Å²) in [7, 11) is 0. The Bertz CT molecular complexity index is 835. The maximum atomic E-state index is 5.94. The van der Waals surface area contributed by atoms with Gasteiger partial charge < -0.3 is 9.47 Å². The van der Waals surface area contributed by atoms with Gasteiger partial charge in [-0.05, 0) is 31.2 Å². The van der Waals surface area contributed by atoms with Crippen molar-refractivity contribution in [3.63, 3.8) is 0 Å². The van der Waals surface area contributed by atoms with Crippen molar-refractivity contribution in [1.82, 2.24) is 24.6 Å². The second-order valence-electron chi connectivity index (χ2n) is 6.07. The van der Waals surface area contributed by atoms with E-state index in [-0.39, 0.29) is 0 Å². The van der Waals surface area contributed by atoms with Gasteiger partial charge in [0.2, 0.25) is 5.13 Å². The molecule has 4 heterocycles. The molecule has 0 amide bonds. The first-order chi connectivity index (χ1) is 12.2. The van der Waals surface area contributed by atoms with E-state index < -0.39 is 0 Å². The Morgan fingerprint density at radius 1 is 1.12 bits per heavy atom. The molecular formula is C17H19ClN6S. The first-order valence-corrected chi connectivity index (χ1v) is 9.44. The van der Waals surface area contributed by atoms with Gasteiger partial charge in [0, 0.05) is 50.8 Å². The Labute approximate surface area is 155 Å². The molecule has 1 saturated heterocycles. The van der Waals surface area contributed by atoms with Crippen LogP contribution in [0.2, 0.25) is 5.02 Å². The maximum absolute atomic E-state index is 5.94. The molecule has 4 rings (SSSR count). The lowest BCUT2D eigenvalue weighted by Gasteiger charge is -2.34. The molecule has 0 spiro atoms. The molecule has 1 aliphatic heterocycles. The van der Waals surface area contributed by atoms with Crippen molar-refractivity contribution in [3.05, 3.63) is 52.4 Å². The Morgan fingerprint density at radius 3 is 2.64 bits per heavy atom. The molecule has 0 bridgehead atoms. The molecule has 3 aromatic heterocycles. The number of pyridine rings is 1. The highest BCUT2D eigenvalue weighted by Gasteiger charge is 2.20. The SMILES string of the molecule is Cc1nnc(N2CCN(Cc3cccn3-c3ccc(Cl)cn3)CC2)s1. The van der Waals surface area contributed by atoms with Crippen molar-refractivity contribution in [2.24, 2.45) is 0 Å². The van der Waals surface area contributed by atoms with E-state index in [0.717, 1.165) is 48.7 Å². The number of aryl methyl sites for hydroxylation is 1. The van der Waals surface area contributed by atoms with E-state index in [1.54, 1.807) is 17.5 Å². The third-order valence-electron chi connectivity index (χ3n) is 4.34. The van der Waals surface area contributed by atoms with Crippen molar-refractivity contribution in [1.29, 1.82) is 0 Å². The lowest BCUT2D eigenvalue weighted by molar-refractivity contribution is 0.245. The fraction of sp³-hybridized carbons (Fsp3) is 0.353. The summed E-state index contributed by atoms with van der Waals surface area (Å²) in [6, 6.07) is 8.03. The molecule has 8 heteroatoms. The predicted molar refractivity (Wildman–Crippen MR) is 101 cm³/mol. The van der Waals surface area contributed by atoms with Crippen LogP contribution >= 0.6 is 22.9 Å². The van der Waals surface area contributed by atoms with Crippen LogP contribution in [-0.2, 0) is 6.54 Å². The Balaban J connectivity index is 1.41. The van der Waals surface area contributed by atoms with Crippen LogP contribution in [0.15, 0.2) is 36.7 Å². The molecule has 6 nitrogen and oxygen atoms in total. The van der Waals surface area contributed by atoms with Gasteiger partial charge in [-0.3, -0.25) is 4.90 Å². The Morgan fingerprint density at radius 2 is 1.96 bits per heavy atom. The monoisotopic (exact) mass is 374 g/mol. The maximum Gasteiger partial charge on any atom is 0.208 e. The zero-order valence-corrected chi connectivity index (χ0v) is 15.5. The van der Waals surface area contributed by atoms with E-state index in [2.05, 4.69) is 41.7 Å². The molecule has 0 radical (unpaired) electrons. The molecule has 0 aliphatic carbocycles. The smallest absolute Gasteiger partial charge is 0.208 e. The quantitative estimate of drug-likeness (QED) is 0.702. The van der Waals surface area contributed by atoms with Crippen molar-refractivity contribution < 1.29 is 0 Å². The minimum absolute atomic E-state index is 0.653. The highest BCUT2D eigenvalue weighted by Crippen LogP contribution is 2.22. The third-order valence-corrected chi connectivity index (χ3v) is 5.46. The molecule has 130 valence electrons. The van der Waals surface area contributed by atoms with Crippen molar-refractivity contribution in [2.45, 2.75) is 13.5 Å². The number of rotatable bonds is 4. The number of piperazine rings is 1. The van der Waals surface area contributed by atoms with Crippen LogP contribution in [-0.4, -0.2) is 50.8 Å². The summed E-state index contributed by atoms with van der Waals surface area (Å²) in [4.78, 5) is 9.20. The molecule has 0 N–H and O–H groups in total. The zero-order chi connectivity index (χ0) is 17.2. The second kappa shape index (κ2) is 7.11. The molecule has 0 unspecified atom stereocenters. The number of nitrogens with zero attached hydrogens (tertiary/aromatic N) is 6. The van der Waals surface area contributed by atoms with Crippen LogP contribution in [0.1, 0.15) is 10.7 Å². The third kappa shape index (κ3) is 3.68. The van der Waals surface area contributed by atoms with E-state index in [1.807, 2.05) is 25.3 Å². The van der Waals surface area contributed by atoms with E-state index >= 15 is 0 Å². The van der Waals surface area contributed by atoms with Gasteiger partial charge in [0.1, 0.15) is 10.8 Å². The summed E-state index contributed by atoms with van der Waals surface area (Å²) in [5, 5.41) is 11.1. The first-order valence-electron chi connectivity index (χ1n) is 8.24. The van der Waals surface area contributed by atoms with Crippen LogP contribution in [0, 0.1) is 6.92 Å². The highest BCUT2D eigenvalue weighted by molar-refractivity contribution is 7.15. The number of halogens is 1. The number of aromatic nitrogens is 4. The Kier molecular flexibility index (Phi) is 4.70. The first kappa shape index (κ1) is 16.5. The molecule has 0 aromatic carbocycles. The van der Waals surface area contributed by atoms with Gasteiger partial charge in [-0.1, -0.05) is 22.9 Å². The number of hydrogen-bond donors (Lipinski definition) is 0. The van der Waals surface area contributed by atoms with E-state index in [4.69, 9.17) is 11.6 Å². The summed E-state index contributed by atoms with van der Waals surface area (Å²) in [6.07, 6.45) is 3.73. The zero-order valence-electron chi connectivity index (χ0n) is 14.0. The Hall–Kier alpha value is -1.96. The van der Waals surface area contributed by atoms with Crippen LogP contribution in [0.4, 0.5) is 5.13 Å². The summed E-state index contributed by atoms with van der Waals surface area (Å²) in [5.74, 6) is 0.896. The topological polar surface area (TPSA) is 50.1 Å². The average Bonchev–Trinajstić information content (AvgIpc) is 3.26. The van der Waals surface area contributed by atoms with Crippen molar-refractivity contribution in [2.75, 3.05) is 31.1 Å². The minimum Gasteiger partial charge on any atom is -0.344 e. The normalized spacial score (nSPS) is 15.7. The van der Waals surface area contributed by atoms with Crippen molar-refractivity contribution in [3.8, 4) is 5.82 Å². The van der Waals surface area contributed by atoms with Gasteiger partial charge in [0.05, 0.1) is 5.02 Å². The lowest BCUT2D eigenvalue weighted by Crippen LogP contribution is -2.46. The van der Waals surface area contributed by atoms with Gasteiger partial charge in [0.15, 0.2) is 0 Å². The molecule has 1 aliphatic rings. The molecule has 0 saturated carbocycles.